The molecular formula is C20H31P. The molecule has 116 valence electrons. The Morgan fingerprint density at radius 2 is 1.14 bits per heavy atom. The Morgan fingerprint density at radius 3 is 1.43 bits per heavy atom. The summed E-state index contributed by atoms with van der Waals surface area (Å²) >= 11 is 0. The first kappa shape index (κ1) is 18.2. The first-order valence-electron chi connectivity index (χ1n) is 7.81. The van der Waals surface area contributed by atoms with E-state index in [1.54, 1.807) is 10.6 Å². The van der Waals surface area contributed by atoms with E-state index < -0.39 is 7.92 Å². The van der Waals surface area contributed by atoms with Gasteiger partial charge in [-0.15, -0.1) is 0 Å². The van der Waals surface area contributed by atoms with Gasteiger partial charge in [0.15, 0.2) is 0 Å². The topological polar surface area (TPSA) is 0 Å². The highest BCUT2D eigenvalue weighted by atomic mass is 31.1. The van der Waals surface area contributed by atoms with Crippen LogP contribution in [0.4, 0.5) is 0 Å². The Labute approximate surface area is 133 Å². The zero-order valence-electron chi connectivity index (χ0n) is 15.0. The molecule has 1 aromatic rings. The number of allylic oxidation sites excluding steroid dienone is 4. The zero-order valence-corrected chi connectivity index (χ0v) is 15.9. The SMILES string of the molecule is C/C=C(/P(/C(=C/C)C(C)(C)C)c1ccccc1)C(C)(C)C. The van der Waals surface area contributed by atoms with E-state index in [0.29, 0.717) is 0 Å². The van der Waals surface area contributed by atoms with Gasteiger partial charge < -0.3 is 0 Å². The molecule has 0 aromatic heterocycles. The molecule has 0 unspecified atom stereocenters. The fourth-order valence-corrected chi connectivity index (χ4v) is 5.92. The lowest BCUT2D eigenvalue weighted by atomic mass is 9.95. The Hall–Kier alpha value is -0.870. The summed E-state index contributed by atoms with van der Waals surface area (Å²) in [6.07, 6.45) is 4.68. The van der Waals surface area contributed by atoms with Gasteiger partial charge in [0.25, 0.3) is 0 Å². The molecule has 0 fully saturated rings. The summed E-state index contributed by atoms with van der Waals surface area (Å²) < 4.78 is 0. The van der Waals surface area contributed by atoms with Gasteiger partial charge in [-0.1, -0.05) is 84.0 Å². The summed E-state index contributed by atoms with van der Waals surface area (Å²) in [5, 5.41) is 4.58. The van der Waals surface area contributed by atoms with Crippen molar-refractivity contribution in [1.82, 2.24) is 0 Å². The van der Waals surface area contributed by atoms with E-state index in [4.69, 9.17) is 0 Å². The Bertz CT molecular complexity index is 477. The molecule has 0 aliphatic carbocycles. The molecule has 21 heavy (non-hydrogen) atoms. The van der Waals surface area contributed by atoms with Crippen LogP contribution in [-0.4, -0.2) is 0 Å². The fourth-order valence-electron chi connectivity index (χ4n) is 2.78. The van der Waals surface area contributed by atoms with Crippen LogP contribution in [-0.2, 0) is 0 Å². The van der Waals surface area contributed by atoms with Gasteiger partial charge in [0, 0.05) is 0 Å². The lowest BCUT2D eigenvalue weighted by Crippen LogP contribution is -2.19. The monoisotopic (exact) mass is 302 g/mol. The van der Waals surface area contributed by atoms with E-state index in [1.165, 1.54) is 5.30 Å². The standard InChI is InChI=1S/C20H31P/c1-9-17(19(3,4)5)21(16-14-12-11-13-15-16)18(10-2)20(6,7)8/h9-15H,1-8H3/b17-9+,18-10+. The van der Waals surface area contributed by atoms with Crippen LogP contribution in [0.15, 0.2) is 53.1 Å². The highest BCUT2D eigenvalue weighted by molar-refractivity contribution is 7.73. The fraction of sp³-hybridized carbons (Fsp3) is 0.500. The molecular weight excluding hydrogens is 271 g/mol. The normalized spacial score (nSPS) is 14.7. The van der Waals surface area contributed by atoms with Crippen molar-refractivity contribution in [3.05, 3.63) is 53.1 Å². The second kappa shape index (κ2) is 6.93. The van der Waals surface area contributed by atoms with Crippen LogP contribution in [0.2, 0.25) is 0 Å². The first-order valence-corrected chi connectivity index (χ1v) is 9.16. The number of hydrogen-bond acceptors (Lipinski definition) is 0. The number of hydrogen-bond donors (Lipinski definition) is 0. The lowest BCUT2D eigenvalue weighted by Gasteiger charge is -2.37. The summed E-state index contributed by atoms with van der Waals surface area (Å²) in [6, 6.07) is 11.0. The van der Waals surface area contributed by atoms with Crippen molar-refractivity contribution in [3.63, 3.8) is 0 Å². The van der Waals surface area contributed by atoms with Gasteiger partial charge >= 0.3 is 0 Å². The van der Waals surface area contributed by atoms with Gasteiger partial charge in [0.1, 0.15) is 0 Å². The molecule has 0 saturated heterocycles. The average Bonchev–Trinajstić information content (AvgIpc) is 2.36. The molecule has 0 nitrogen and oxygen atoms in total. The van der Waals surface area contributed by atoms with Crippen LogP contribution >= 0.6 is 7.92 Å². The summed E-state index contributed by atoms with van der Waals surface area (Å²) in [4.78, 5) is 0. The van der Waals surface area contributed by atoms with Gasteiger partial charge in [-0.05, 0) is 48.5 Å². The van der Waals surface area contributed by atoms with Gasteiger partial charge in [-0.3, -0.25) is 0 Å². The van der Waals surface area contributed by atoms with Crippen molar-refractivity contribution in [2.75, 3.05) is 0 Å². The third-order valence-corrected chi connectivity index (χ3v) is 7.22. The van der Waals surface area contributed by atoms with Crippen LogP contribution in [0.25, 0.3) is 0 Å². The predicted octanol–water partition coefficient (Wildman–Crippen LogP) is 6.69. The first-order chi connectivity index (χ1) is 9.62. The van der Waals surface area contributed by atoms with Gasteiger partial charge in [0.2, 0.25) is 0 Å². The predicted molar refractivity (Wildman–Crippen MR) is 99.4 cm³/mol. The molecule has 1 aromatic carbocycles. The van der Waals surface area contributed by atoms with Crippen LogP contribution in [0.1, 0.15) is 55.4 Å². The van der Waals surface area contributed by atoms with Crippen molar-refractivity contribution in [2.45, 2.75) is 55.4 Å². The van der Waals surface area contributed by atoms with Crippen LogP contribution in [0.3, 0.4) is 0 Å². The van der Waals surface area contributed by atoms with E-state index in [-0.39, 0.29) is 10.8 Å². The molecule has 0 N–H and O–H groups in total. The minimum atomic E-state index is -0.437. The zero-order chi connectivity index (χ0) is 16.3. The molecule has 0 aliphatic rings. The van der Waals surface area contributed by atoms with E-state index >= 15 is 0 Å². The van der Waals surface area contributed by atoms with E-state index in [2.05, 4.69) is 97.9 Å². The summed E-state index contributed by atoms with van der Waals surface area (Å²) in [5.74, 6) is 0. The molecule has 0 bridgehead atoms. The summed E-state index contributed by atoms with van der Waals surface area (Å²) in [5.41, 5.74) is 0.381. The molecule has 0 saturated carbocycles. The van der Waals surface area contributed by atoms with Crippen LogP contribution < -0.4 is 5.30 Å². The quantitative estimate of drug-likeness (QED) is 0.545. The van der Waals surface area contributed by atoms with Crippen molar-refractivity contribution < 1.29 is 0 Å². The minimum Gasteiger partial charge on any atom is -0.0828 e. The second-order valence-electron chi connectivity index (χ2n) is 7.52. The Kier molecular flexibility index (Phi) is 6.00. The molecule has 1 rings (SSSR count). The maximum atomic E-state index is 2.34. The molecule has 0 aliphatic heterocycles. The highest BCUT2D eigenvalue weighted by Gasteiger charge is 2.32. The molecule has 0 spiro atoms. The van der Waals surface area contributed by atoms with E-state index in [1.807, 2.05) is 0 Å². The Balaban J connectivity index is 3.52. The minimum absolute atomic E-state index is 0.190. The number of rotatable bonds is 3. The van der Waals surface area contributed by atoms with Crippen molar-refractivity contribution in [3.8, 4) is 0 Å². The summed E-state index contributed by atoms with van der Waals surface area (Å²) in [6.45, 7) is 18.4. The molecule has 1 heteroatoms. The van der Waals surface area contributed by atoms with Gasteiger partial charge in [-0.2, -0.15) is 0 Å². The average molecular weight is 302 g/mol. The largest absolute Gasteiger partial charge is 0.0828 e. The smallest absolute Gasteiger partial charge is 0.0124 e. The maximum absolute atomic E-state index is 2.34. The number of benzene rings is 1. The van der Waals surface area contributed by atoms with Gasteiger partial charge in [-0.25, -0.2) is 0 Å². The maximum Gasteiger partial charge on any atom is -0.0124 e. The van der Waals surface area contributed by atoms with Crippen LogP contribution in [0.5, 0.6) is 0 Å². The van der Waals surface area contributed by atoms with E-state index in [9.17, 15) is 0 Å². The van der Waals surface area contributed by atoms with Crippen molar-refractivity contribution >= 4 is 13.2 Å². The van der Waals surface area contributed by atoms with Crippen molar-refractivity contribution in [2.24, 2.45) is 10.8 Å². The molecule has 0 amide bonds. The third kappa shape index (κ3) is 4.55. The molecule has 0 atom stereocenters. The molecule has 0 heterocycles. The molecule has 0 radical (unpaired) electrons. The van der Waals surface area contributed by atoms with Crippen LogP contribution in [0, 0.1) is 10.8 Å². The van der Waals surface area contributed by atoms with Gasteiger partial charge in [0.05, 0.1) is 0 Å². The summed E-state index contributed by atoms with van der Waals surface area (Å²) in [7, 11) is -0.437. The Morgan fingerprint density at radius 1 is 0.762 bits per heavy atom. The van der Waals surface area contributed by atoms with E-state index in [0.717, 1.165) is 0 Å². The third-order valence-electron chi connectivity index (χ3n) is 3.58. The van der Waals surface area contributed by atoms with Crippen molar-refractivity contribution in [1.29, 1.82) is 0 Å². The second-order valence-corrected chi connectivity index (χ2v) is 9.67. The highest BCUT2D eigenvalue weighted by Crippen LogP contribution is 2.61. The lowest BCUT2D eigenvalue weighted by molar-refractivity contribution is 0.519.